The Hall–Kier alpha value is -0.680. The molecule has 0 saturated heterocycles. The van der Waals surface area contributed by atoms with Gasteiger partial charge in [-0.1, -0.05) is 19.3 Å². The van der Waals surface area contributed by atoms with Crippen molar-refractivity contribution >= 4 is 21.7 Å². The van der Waals surface area contributed by atoms with E-state index in [0.717, 1.165) is 41.5 Å². The van der Waals surface area contributed by atoms with E-state index in [-0.39, 0.29) is 18.1 Å². The third-order valence-electron chi connectivity index (χ3n) is 4.03. The molecule has 4 nitrogen and oxygen atoms in total. The molecule has 1 unspecified atom stereocenters. The first-order valence-corrected chi connectivity index (χ1v) is 7.68. The molecule has 0 aromatic carbocycles. The van der Waals surface area contributed by atoms with E-state index in [0.29, 0.717) is 0 Å². The van der Waals surface area contributed by atoms with E-state index in [4.69, 9.17) is 0 Å². The van der Waals surface area contributed by atoms with Gasteiger partial charge in [0.1, 0.15) is 6.10 Å². The molecule has 5 heteroatoms. The number of carbonyl (C=O) groups is 1. The van der Waals surface area contributed by atoms with Crippen molar-refractivity contribution in [2.75, 3.05) is 0 Å². The average Bonchev–Trinajstić information content (AvgIpc) is 2.65. The summed E-state index contributed by atoms with van der Waals surface area (Å²) in [6.07, 6.45) is 4.85. The van der Waals surface area contributed by atoms with Crippen LogP contribution in [0.4, 0.5) is 0 Å². The fourth-order valence-corrected chi connectivity index (χ4v) is 3.33. The zero-order valence-corrected chi connectivity index (χ0v) is 13.1. The largest absolute Gasteiger partial charge is 0.385 e. The molecule has 0 aliphatic heterocycles. The molecule has 1 aromatic rings. The summed E-state index contributed by atoms with van der Waals surface area (Å²) in [5, 5.41) is 14.5. The van der Waals surface area contributed by atoms with Gasteiger partial charge in [0.2, 0.25) is 0 Å². The number of carbonyl (C=O) groups excluding carboxylic acids is 1. The van der Waals surface area contributed by atoms with Gasteiger partial charge in [0.25, 0.3) is 0 Å². The Kier molecular flexibility index (Phi) is 4.79. The Labute approximate surface area is 122 Å². The highest BCUT2D eigenvalue weighted by Crippen LogP contribution is 2.28. The minimum absolute atomic E-state index is 0.0874. The first-order chi connectivity index (χ1) is 9.00. The molecular weight excluding hydrogens is 308 g/mol. The maximum Gasteiger partial charge on any atom is 0.167 e. The number of nitrogens with zero attached hydrogens (tertiary/aromatic N) is 2. The van der Waals surface area contributed by atoms with Gasteiger partial charge >= 0.3 is 0 Å². The third kappa shape index (κ3) is 3.26. The van der Waals surface area contributed by atoms with Crippen LogP contribution < -0.4 is 0 Å². The van der Waals surface area contributed by atoms with Crippen LogP contribution in [-0.2, 0) is 18.3 Å². The fourth-order valence-electron chi connectivity index (χ4n) is 2.85. The van der Waals surface area contributed by atoms with E-state index < -0.39 is 6.10 Å². The molecule has 1 aliphatic carbocycles. The summed E-state index contributed by atoms with van der Waals surface area (Å²) in [6.45, 7) is 1.90. The highest BCUT2D eigenvalue weighted by molar-refractivity contribution is 9.10. The van der Waals surface area contributed by atoms with Gasteiger partial charge in [-0.25, -0.2) is 0 Å². The quantitative estimate of drug-likeness (QED) is 0.924. The Morgan fingerprint density at radius 2 is 2.11 bits per heavy atom. The van der Waals surface area contributed by atoms with Gasteiger partial charge < -0.3 is 5.11 Å². The van der Waals surface area contributed by atoms with Crippen molar-refractivity contribution in [3.05, 3.63) is 15.9 Å². The van der Waals surface area contributed by atoms with E-state index in [1.807, 2.05) is 14.0 Å². The molecule has 1 aliphatic rings. The first kappa shape index (κ1) is 14.7. The topological polar surface area (TPSA) is 55.1 Å². The van der Waals surface area contributed by atoms with Crippen molar-refractivity contribution < 1.29 is 9.90 Å². The van der Waals surface area contributed by atoms with Crippen LogP contribution in [0.2, 0.25) is 0 Å². The SMILES string of the molecule is Cc1nn(C)c(CC(=O)C(O)C2CCCCC2)c1Br. The third-order valence-corrected chi connectivity index (χ3v) is 5.06. The molecule has 2 rings (SSSR count). The second-order valence-corrected chi connectivity index (χ2v) is 6.25. The minimum Gasteiger partial charge on any atom is -0.385 e. The van der Waals surface area contributed by atoms with Gasteiger partial charge in [-0.15, -0.1) is 0 Å². The summed E-state index contributed by atoms with van der Waals surface area (Å²) in [5.74, 6) is 0.0601. The maximum absolute atomic E-state index is 12.2. The molecule has 0 amide bonds. The standard InChI is InChI=1S/C14H21BrN2O2/c1-9-13(15)11(17(2)16-9)8-12(18)14(19)10-6-4-3-5-7-10/h10,14,19H,3-8H2,1-2H3. The van der Waals surface area contributed by atoms with Crippen LogP contribution in [0.1, 0.15) is 43.5 Å². The highest BCUT2D eigenvalue weighted by Gasteiger charge is 2.28. The molecule has 19 heavy (non-hydrogen) atoms. The van der Waals surface area contributed by atoms with Crippen LogP contribution in [0.15, 0.2) is 4.47 Å². The first-order valence-electron chi connectivity index (χ1n) is 6.89. The normalized spacial score (nSPS) is 18.5. The molecule has 1 atom stereocenters. The summed E-state index contributed by atoms with van der Waals surface area (Å²) in [4.78, 5) is 12.2. The van der Waals surface area contributed by atoms with Crippen molar-refractivity contribution in [2.45, 2.75) is 51.6 Å². The molecule has 1 N–H and O–H groups in total. The monoisotopic (exact) mass is 328 g/mol. The van der Waals surface area contributed by atoms with Gasteiger partial charge in [-0.2, -0.15) is 5.10 Å². The second-order valence-electron chi connectivity index (χ2n) is 5.46. The summed E-state index contributed by atoms with van der Waals surface area (Å²) in [6, 6.07) is 0. The number of ketones is 1. The van der Waals surface area contributed by atoms with Crippen LogP contribution in [0.25, 0.3) is 0 Å². The lowest BCUT2D eigenvalue weighted by atomic mass is 9.83. The second kappa shape index (κ2) is 6.18. The molecule has 0 spiro atoms. The van der Waals surface area contributed by atoms with E-state index in [1.54, 1.807) is 4.68 Å². The van der Waals surface area contributed by atoms with Crippen LogP contribution in [0.5, 0.6) is 0 Å². The molecule has 1 aromatic heterocycles. The summed E-state index contributed by atoms with van der Waals surface area (Å²) >= 11 is 3.46. The van der Waals surface area contributed by atoms with Crippen molar-refractivity contribution in [1.82, 2.24) is 9.78 Å². The molecular formula is C14H21BrN2O2. The lowest BCUT2D eigenvalue weighted by Gasteiger charge is -2.25. The van der Waals surface area contributed by atoms with Crippen molar-refractivity contribution in [3.8, 4) is 0 Å². The Balaban J connectivity index is 2.03. The van der Waals surface area contributed by atoms with Gasteiger partial charge in [-0.05, 0) is 41.6 Å². The zero-order chi connectivity index (χ0) is 14.0. The Morgan fingerprint density at radius 3 is 2.63 bits per heavy atom. The van der Waals surface area contributed by atoms with E-state index in [1.165, 1.54) is 6.42 Å². The predicted octanol–water partition coefficient (Wildman–Crippen LogP) is 2.54. The van der Waals surface area contributed by atoms with Crippen molar-refractivity contribution in [2.24, 2.45) is 13.0 Å². The summed E-state index contributed by atoms with van der Waals surface area (Å²) in [5.41, 5.74) is 1.72. The average molecular weight is 329 g/mol. The molecule has 1 heterocycles. The Morgan fingerprint density at radius 1 is 1.47 bits per heavy atom. The molecule has 1 fully saturated rings. The van der Waals surface area contributed by atoms with Gasteiger partial charge in [-0.3, -0.25) is 9.48 Å². The number of halogens is 1. The van der Waals surface area contributed by atoms with E-state index >= 15 is 0 Å². The van der Waals surface area contributed by atoms with E-state index in [2.05, 4.69) is 21.0 Å². The van der Waals surface area contributed by atoms with Crippen LogP contribution >= 0.6 is 15.9 Å². The van der Waals surface area contributed by atoms with Crippen LogP contribution in [-0.4, -0.2) is 26.8 Å². The highest BCUT2D eigenvalue weighted by atomic mass is 79.9. The number of aliphatic hydroxyl groups excluding tert-OH is 1. The van der Waals surface area contributed by atoms with Crippen LogP contribution in [0, 0.1) is 12.8 Å². The fraction of sp³-hybridized carbons (Fsp3) is 0.714. The lowest BCUT2D eigenvalue weighted by Crippen LogP contribution is -2.32. The lowest BCUT2D eigenvalue weighted by molar-refractivity contribution is -0.129. The Bertz CT molecular complexity index is 464. The van der Waals surface area contributed by atoms with Gasteiger partial charge in [0, 0.05) is 7.05 Å². The van der Waals surface area contributed by atoms with Gasteiger partial charge in [0.15, 0.2) is 5.78 Å². The number of hydrogen-bond acceptors (Lipinski definition) is 3. The number of rotatable bonds is 4. The summed E-state index contributed by atoms with van der Waals surface area (Å²) in [7, 11) is 1.83. The molecule has 106 valence electrons. The number of Topliss-reactive ketones (excluding diaryl/α,β-unsaturated/α-hetero) is 1. The van der Waals surface area contributed by atoms with Crippen LogP contribution in [0.3, 0.4) is 0 Å². The van der Waals surface area contributed by atoms with E-state index in [9.17, 15) is 9.90 Å². The number of aryl methyl sites for hydroxylation is 2. The van der Waals surface area contributed by atoms with Gasteiger partial charge in [0.05, 0.1) is 22.3 Å². The molecule has 0 radical (unpaired) electrons. The predicted molar refractivity (Wildman–Crippen MR) is 76.9 cm³/mol. The molecule has 1 saturated carbocycles. The summed E-state index contributed by atoms with van der Waals surface area (Å²) < 4.78 is 2.59. The smallest absolute Gasteiger partial charge is 0.167 e. The number of hydrogen-bond donors (Lipinski definition) is 1. The maximum atomic E-state index is 12.2. The van der Waals surface area contributed by atoms with Crippen molar-refractivity contribution in [3.63, 3.8) is 0 Å². The minimum atomic E-state index is -0.817. The molecule has 0 bridgehead atoms. The number of aromatic nitrogens is 2. The number of aliphatic hydroxyl groups is 1. The zero-order valence-electron chi connectivity index (χ0n) is 11.5. The van der Waals surface area contributed by atoms with Crippen molar-refractivity contribution in [1.29, 1.82) is 0 Å².